The molecule has 1 aromatic carbocycles. The quantitative estimate of drug-likeness (QED) is 0.579. The van der Waals surface area contributed by atoms with Gasteiger partial charge >= 0.3 is 0 Å². The fraction of sp³-hybridized carbons (Fsp3) is 0.529. The Bertz CT molecular complexity index is 547. The van der Waals surface area contributed by atoms with Crippen LogP contribution in [-0.2, 0) is 0 Å². The normalized spacial score (nSPS) is 14.6. The van der Waals surface area contributed by atoms with Crippen molar-refractivity contribution < 1.29 is 4.42 Å². The maximum Gasteiger partial charge on any atom is 0.134 e. The van der Waals surface area contributed by atoms with Gasteiger partial charge in [-0.15, -0.1) is 0 Å². The van der Waals surface area contributed by atoms with E-state index >= 15 is 0 Å². The first-order valence-corrected chi connectivity index (χ1v) is 7.65. The number of hydrogen-bond donors (Lipinski definition) is 2. The third kappa shape index (κ3) is 3.22. The molecule has 0 fully saturated rings. The van der Waals surface area contributed by atoms with Gasteiger partial charge in [0.25, 0.3) is 0 Å². The fourth-order valence-corrected chi connectivity index (χ4v) is 2.86. The van der Waals surface area contributed by atoms with Gasteiger partial charge in [0, 0.05) is 5.39 Å². The first kappa shape index (κ1) is 15.1. The molecule has 0 aliphatic carbocycles. The number of fused-ring (bicyclic) bond motifs is 1. The zero-order chi connectivity index (χ0) is 14.5. The van der Waals surface area contributed by atoms with Gasteiger partial charge in [0.05, 0.1) is 6.04 Å². The van der Waals surface area contributed by atoms with Crippen LogP contribution in [0.5, 0.6) is 0 Å². The van der Waals surface area contributed by atoms with Crippen LogP contribution in [0.1, 0.15) is 56.9 Å². The van der Waals surface area contributed by atoms with Crippen LogP contribution < -0.4 is 11.3 Å². The minimum absolute atomic E-state index is 0.0965. The van der Waals surface area contributed by atoms with E-state index in [-0.39, 0.29) is 6.04 Å². The average molecular weight is 274 g/mol. The molecule has 0 spiro atoms. The Morgan fingerprint density at radius 1 is 1.25 bits per heavy atom. The zero-order valence-corrected chi connectivity index (χ0v) is 12.8. The summed E-state index contributed by atoms with van der Waals surface area (Å²) in [7, 11) is 0. The summed E-state index contributed by atoms with van der Waals surface area (Å²) in [6.07, 6.45) is 4.73. The summed E-state index contributed by atoms with van der Waals surface area (Å²) in [6.45, 7) is 6.54. The average Bonchev–Trinajstić information content (AvgIpc) is 2.85. The molecular weight excluding hydrogens is 248 g/mol. The van der Waals surface area contributed by atoms with Crippen molar-refractivity contribution in [2.75, 3.05) is 0 Å². The second-order valence-electron chi connectivity index (χ2n) is 5.64. The highest BCUT2D eigenvalue weighted by atomic mass is 16.3. The van der Waals surface area contributed by atoms with Crippen LogP contribution in [0.3, 0.4) is 0 Å². The summed E-state index contributed by atoms with van der Waals surface area (Å²) in [6, 6.07) is 8.49. The molecule has 2 aromatic rings. The summed E-state index contributed by atoms with van der Waals surface area (Å²) < 4.78 is 6.00. The summed E-state index contributed by atoms with van der Waals surface area (Å²) in [5.41, 5.74) is 5.15. The second kappa shape index (κ2) is 6.91. The van der Waals surface area contributed by atoms with Crippen LogP contribution in [-0.4, -0.2) is 0 Å². The molecule has 0 amide bonds. The van der Waals surface area contributed by atoms with Gasteiger partial charge in [-0.25, -0.2) is 5.43 Å². The molecule has 0 saturated carbocycles. The van der Waals surface area contributed by atoms with E-state index < -0.39 is 0 Å². The van der Waals surface area contributed by atoms with E-state index in [1.807, 2.05) is 6.07 Å². The highest BCUT2D eigenvalue weighted by Crippen LogP contribution is 2.32. The molecule has 3 nitrogen and oxygen atoms in total. The van der Waals surface area contributed by atoms with Crippen LogP contribution in [0.4, 0.5) is 0 Å². The predicted octanol–water partition coefficient (Wildman–Crippen LogP) is 4.46. The molecule has 0 aliphatic rings. The van der Waals surface area contributed by atoms with Crippen molar-refractivity contribution in [1.82, 2.24) is 5.43 Å². The van der Waals surface area contributed by atoms with Gasteiger partial charge in [-0.3, -0.25) is 5.84 Å². The Morgan fingerprint density at radius 3 is 2.70 bits per heavy atom. The molecule has 0 aliphatic heterocycles. The van der Waals surface area contributed by atoms with E-state index in [4.69, 9.17) is 10.3 Å². The molecule has 1 heterocycles. The van der Waals surface area contributed by atoms with Crippen LogP contribution >= 0.6 is 0 Å². The Hall–Kier alpha value is -1.32. The molecule has 110 valence electrons. The molecule has 2 rings (SSSR count). The standard InChI is InChI=1S/C17H26N2O/c1-4-6-7-13(5-2)17(19-18)16-11-14-10-12(3)8-9-15(14)20-16/h8-11,13,17,19H,4-7,18H2,1-3H3. The van der Waals surface area contributed by atoms with Crippen LogP contribution in [0.15, 0.2) is 28.7 Å². The molecule has 0 radical (unpaired) electrons. The Balaban J connectivity index is 2.27. The van der Waals surface area contributed by atoms with Crippen molar-refractivity contribution in [2.24, 2.45) is 11.8 Å². The first-order valence-electron chi connectivity index (χ1n) is 7.65. The molecule has 1 aromatic heterocycles. The lowest BCUT2D eigenvalue weighted by Gasteiger charge is -2.23. The number of unbranched alkanes of at least 4 members (excludes halogenated alkanes) is 1. The smallest absolute Gasteiger partial charge is 0.134 e. The third-order valence-electron chi connectivity index (χ3n) is 4.10. The van der Waals surface area contributed by atoms with Gasteiger partial charge < -0.3 is 4.42 Å². The summed E-state index contributed by atoms with van der Waals surface area (Å²) >= 11 is 0. The number of furan rings is 1. The van der Waals surface area contributed by atoms with E-state index in [9.17, 15) is 0 Å². The molecule has 2 atom stereocenters. The number of hydrazine groups is 1. The summed E-state index contributed by atoms with van der Waals surface area (Å²) in [5.74, 6) is 7.26. The van der Waals surface area contributed by atoms with Crippen LogP contribution in [0, 0.1) is 12.8 Å². The molecule has 2 unspecified atom stereocenters. The summed E-state index contributed by atoms with van der Waals surface area (Å²) in [4.78, 5) is 0. The predicted molar refractivity (Wildman–Crippen MR) is 84.3 cm³/mol. The molecule has 0 bridgehead atoms. The lowest BCUT2D eigenvalue weighted by atomic mass is 9.90. The van der Waals surface area contributed by atoms with E-state index in [0.29, 0.717) is 5.92 Å². The number of nitrogens with one attached hydrogen (secondary N) is 1. The maximum absolute atomic E-state index is 6.00. The largest absolute Gasteiger partial charge is 0.459 e. The lowest BCUT2D eigenvalue weighted by molar-refractivity contribution is 0.290. The van der Waals surface area contributed by atoms with Crippen molar-refractivity contribution in [3.63, 3.8) is 0 Å². The van der Waals surface area contributed by atoms with Crippen molar-refractivity contribution in [3.05, 3.63) is 35.6 Å². The van der Waals surface area contributed by atoms with E-state index in [2.05, 4.69) is 44.4 Å². The monoisotopic (exact) mass is 274 g/mol. The molecule has 20 heavy (non-hydrogen) atoms. The van der Waals surface area contributed by atoms with E-state index in [1.165, 1.54) is 24.8 Å². The fourth-order valence-electron chi connectivity index (χ4n) is 2.86. The number of hydrogen-bond acceptors (Lipinski definition) is 3. The molecule has 3 heteroatoms. The number of benzene rings is 1. The Kier molecular flexibility index (Phi) is 5.21. The van der Waals surface area contributed by atoms with Gasteiger partial charge in [0.15, 0.2) is 0 Å². The minimum Gasteiger partial charge on any atom is -0.459 e. The molecular formula is C17H26N2O. The first-order chi connectivity index (χ1) is 9.69. The van der Waals surface area contributed by atoms with Crippen molar-refractivity contribution >= 4 is 11.0 Å². The minimum atomic E-state index is 0.0965. The Morgan fingerprint density at radius 2 is 2.05 bits per heavy atom. The topological polar surface area (TPSA) is 51.2 Å². The van der Waals surface area contributed by atoms with Crippen molar-refractivity contribution in [2.45, 2.75) is 52.5 Å². The summed E-state index contributed by atoms with van der Waals surface area (Å²) in [5, 5.41) is 1.16. The number of rotatable bonds is 7. The van der Waals surface area contributed by atoms with Crippen LogP contribution in [0.25, 0.3) is 11.0 Å². The maximum atomic E-state index is 6.00. The van der Waals surface area contributed by atoms with E-state index in [0.717, 1.165) is 23.2 Å². The lowest BCUT2D eigenvalue weighted by Crippen LogP contribution is -2.33. The van der Waals surface area contributed by atoms with Crippen molar-refractivity contribution in [1.29, 1.82) is 0 Å². The number of nitrogens with two attached hydrogens (primary N) is 1. The van der Waals surface area contributed by atoms with Gasteiger partial charge in [0.2, 0.25) is 0 Å². The van der Waals surface area contributed by atoms with Gasteiger partial charge in [-0.2, -0.15) is 0 Å². The third-order valence-corrected chi connectivity index (χ3v) is 4.10. The SMILES string of the molecule is CCCCC(CC)C(NN)c1cc2cc(C)ccc2o1. The highest BCUT2D eigenvalue weighted by Gasteiger charge is 2.23. The molecule has 0 saturated heterocycles. The van der Waals surface area contributed by atoms with Crippen LogP contribution in [0.2, 0.25) is 0 Å². The Labute approximate surface area is 121 Å². The van der Waals surface area contributed by atoms with Crippen molar-refractivity contribution in [3.8, 4) is 0 Å². The zero-order valence-electron chi connectivity index (χ0n) is 12.8. The highest BCUT2D eigenvalue weighted by molar-refractivity contribution is 5.78. The second-order valence-corrected chi connectivity index (χ2v) is 5.64. The molecule has 3 N–H and O–H groups in total. The van der Waals surface area contributed by atoms with Gasteiger partial charge in [-0.05, 0) is 37.5 Å². The van der Waals surface area contributed by atoms with Gasteiger partial charge in [0.1, 0.15) is 11.3 Å². The van der Waals surface area contributed by atoms with E-state index in [1.54, 1.807) is 0 Å². The van der Waals surface area contributed by atoms with Gasteiger partial charge in [-0.1, -0.05) is 44.7 Å². The number of aryl methyl sites for hydroxylation is 1.